The molecule has 3 nitrogen and oxygen atoms in total. The van der Waals surface area contributed by atoms with E-state index in [2.05, 4.69) is 36.3 Å². The number of rotatable bonds is 7. The van der Waals surface area contributed by atoms with Gasteiger partial charge >= 0.3 is 0 Å². The van der Waals surface area contributed by atoms with E-state index in [1.54, 1.807) is 6.20 Å². The van der Waals surface area contributed by atoms with Gasteiger partial charge in [-0.3, -0.25) is 4.98 Å². The summed E-state index contributed by atoms with van der Waals surface area (Å²) in [5.41, 5.74) is 2.41. The zero-order valence-electron chi connectivity index (χ0n) is 12.2. The van der Waals surface area contributed by atoms with Gasteiger partial charge in [-0.15, -0.1) is 0 Å². The molecule has 0 saturated carbocycles. The Kier molecular flexibility index (Phi) is 5.56. The molecule has 1 N–H and O–H groups in total. The van der Waals surface area contributed by atoms with Crippen LogP contribution in [0.5, 0.6) is 5.75 Å². The average Bonchev–Trinajstić information content (AvgIpc) is 2.48. The number of hydrogen-bond donors (Lipinski definition) is 1. The van der Waals surface area contributed by atoms with Crippen LogP contribution in [0.25, 0.3) is 0 Å². The van der Waals surface area contributed by atoms with Crippen LogP contribution in [0, 0.1) is 0 Å². The zero-order chi connectivity index (χ0) is 14.2. The zero-order valence-corrected chi connectivity index (χ0v) is 12.2. The van der Waals surface area contributed by atoms with Gasteiger partial charge in [-0.25, -0.2) is 0 Å². The first kappa shape index (κ1) is 14.5. The van der Waals surface area contributed by atoms with Crippen molar-refractivity contribution in [2.24, 2.45) is 0 Å². The fraction of sp³-hybridized carbons (Fsp3) is 0.353. The molecule has 0 bridgehead atoms. The molecule has 20 heavy (non-hydrogen) atoms. The van der Waals surface area contributed by atoms with Gasteiger partial charge in [0.2, 0.25) is 0 Å². The summed E-state index contributed by atoms with van der Waals surface area (Å²) in [4.78, 5) is 4.07. The molecule has 0 saturated heterocycles. The molecule has 0 aliphatic heterocycles. The van der Waals surface area contributed by atoms with Crippen molar-refractivity contribution in [3.63, 3.8) is 0 Å². The third kappa shape index (κ3) is 4.67. The lowest BCUT2D eigenvalue weighted by atomic mass is 10.1. The highest BCUT2D eigenvalue weighted by molar-refractivity contribution is 5.28. The molecule has 2 rings (SSSR count). The molecule has 0 radical (unpaired) electrons. The maximum atomic E-state index is 5.74. The lowest BCUT2D eigenvalue weighted by Crippen LogP contribution is -2.27. The van der Waals surface area contributed by atoms with E-state index in [-0.39, 0.29) is 0 Å². The first-order chi connectivity index (χ1) is 9.78. The van der Waals surface area contributed by atoms with Gasteiger partial charge in [0.05, 0.1) is 0 Å². The van der Waals surface area contributed by atoms with Gasteiger partial charge in [0, 0.05) is 24.0 Å². The van der Waals surface area contributed by atoms with Crippen LogP contribution in [-0.4, -0.2) is 17.6 Å². The van der Waals surface area contributed by atoms with Gasteiger partial charge in [0.15, 0.2) is 0 Å². The number of nitrogens with one attached hydrogen (secondary N) is 1. The topological polar surface area (TPSA) is 34.1 Å². The Morgan fingerprint density at radius 2 is 1.95 bits per heavy atom. The summed E-state index contributed by atoms with van der Waals surface area (Å²) < 4.78 is 5.74. The lowest BCUT2D eigenvalue weighted by molar-refractivity contribution is 0.305. The molecule has 1 aromatic heterocycles. The third-order valence-corrected chi connectivity index (χ3v) is 3.15. The normalized spacial score (nSPS) is 12.1. The van der Waals surface area contributed by atoms with E-state index in [9.17, 15) is 0 Å². The maximum absolute atomic E-state index is 5.74. The number of likely N-dealkylation sites (N-methyl/N-ethyl adjacent to an activating group) is 1. The van der Waals surface area contributed by atoms with Gasteiger partial charge in [-0.2, -0.15) is 0 Å². The summed E-state index contributed by atoms with van der Waals surface area (Å²) in [6.45, 7) is 5.90. The van der Waals surface area contributed by atoms with E-state index in [4.69, 9.17) is 4.74 Å². The number of aromatic nitrogens is 1. The van der Waals surface area contributed by atoms with Crippen LogP contribution in [0.1, 0.15) is 25.0 Å². The first-order valence-electron chi connectivity index (χ1n) is 7.12. The minimum atomic E-state index is 0.502. The van der Waals surface area contributed by atoms with Crippen LogP contribution in [-0.2, 0) is 13.0 Å². The molecule has 1 heterocycles. The van der Waals surface area contributed by atoms with Crippen molar-refractivity contribution >= 4 is 0 Å². The van der Waals surface area contributed by atoms with E-state index in [1.165, 1.54) is 5.56 Å². The lowest BCUT2D eigenvalue weighted by Gasteiger charge is -2.12. The molecular weight excluding hydrogens is 248 g/mol. The minimum Gasteiger partial charge on any atom is -0.489 e. The summed E-state index contributed by atoms with van der Waals surface area (Å²) in [5.74, 6) is 0.897. The second-order valence-electron chi connectivity index (χ2n) is 4.96. The highest BCUT2D eigenvalue weighted by atomic mass is 16.5. The van der Waals surface area contributed by atoms with E-state index in [0.29, 0.717) is 12.6 Å². The number of hydrogen-bond acceptors (Lipinski definition) is 3. The minimum absolute atomic E-state index is 0.502. The predicted molar refractivity (Wildman–Crippen MR) is 81.9 cm³/mol. The Labute approximate surface area is 121 Å². The number of pyridine rings is 1. The molecule has 0 aliphatic rings. The van der Waals surface area contributed by atoms with Gasteiger partial charge in [-0.1, -0.05) is 25.1 Å². The number of nitrogens with zero attached hydrogens (tertiary/aromatic N) is 1. The van der Waals surface area contributed by atoms with Crippen LogP contribution in [0.2, 0.25) is 0 Å². The highest BCUT2D eigenvalue weighted by Crippen LogP contribution is 2.15. The molecule has 1 aromatic carbocycles. The number of ether oxygens (including phenoxy) is 1. The second kappa shape index (κ2) is 7.65. The molecular formula is C17H22N2O. The van der Waals surface area contributed by atoms with E-state index >= 15 is 0 Å². The van der Waals surface area contributed by atoms with Gasteiger partial charge < -0.3 is 10.1 Å². The van der Waals surface area contributed by atoms with Crippen molar-refractivity contribution in [1.82, 2.24) is 10.3 Å². The average molecular weight is 270 g/mol. The quantitative estimate of drug-likeness (QED) is 0.839. The third-order valence-electron chi connectivity index (χ3n) is 3.15. The Morgan fingerprint density at radius 1 is 1.15 bits per heavy atom. The van der Waals surface area contributed by atoms with Gasteiger partial charge in [0.25, 0.3) is 0 Å². The molecule has 3 heteroatoms. The second-order valence-corrected chi connectivity index (χ2v) is 4.96. The summed E-state index contributed by atoms with van der Waals surface area (Å²) in [5, 5.41) is 3.42. The monoisotopic (exact) mass is 270 g/mol. The molecule has 0 spiro atoms. The highest BCUT2D eigenvalue weighted by Gasteiger charge is 2.02. The van der Waals surface area contributed by atoms with Crippen LogP contribution in [0.4, 0.5) is 0 Å². The van der Waals surface area contributed by atoms with Crippen LogP contribution < -0.4 is 10.1 Å². The largest absolute Gasteiger partial charge is 0.489 e. The van der Waals surface area contributed by atoms with Crippen molar-refractivity contribution in [3.05, 3.63) is 59.9 Å². The van der Waals surface area contributed by atoms with Crippen LogP contribution >= 0.6 is 0 Å². The van der Waals surface area contributed by atoms with Crippen molar-refractivity contribution in [1.29, 1.82) is 0 Å². The van der Waals surface area contributed by atoms with Crippen molar-refractivity contribution in [2.45, 2.75) is 32.9 Å². The fourth-order valence-corrected chi connectivity index (χ4v) is 2.15. The smallest absolute Gasteiger partial charge is 0.119 e. The Bertz CT molecular complexity index is 496. The fourth-order valence-electron chi connectivity index (χ4n) is 2.15. The predicted octanol–water partition coefficient (Wildman–Crippen LogP) is 3.20. The SMILES string of the molecule is CCNC(C)Cc1ccc(OCc2cccnc2)cc1. The summed E-state index contributed by atoms with van der Waals surface area (Å²) in [6, 6.07) is 12.8. The molecule has 0 fully saturated rings. The Balaban J connectivity index is 1.85. The molecule has 0 amide bonds. The van der Waals surface area contributed by atoms with Gasteiger partial charge in [0.1, 0.15) is 12.4 Å². The van der Waals surface area contributed by atoms with Crippen LogP contribution in [0.3, 0.4) is 0 Å². The van der Waals surface area contributed by atoms with E-state index in [0.717, 1.165) is 24.3 Å². The number of benzene rings is 1. The summed E-state index contributed by atoms with van der Waals surface area (Å²) >= 11 is 0. The summed E-state index contributed by atoms with van der Waals surface area (Å²) in [7, 11) is 0. The van der Waals surface area contributed by atoms with E-state index < -0.39 is 0 Å². The van der Waals surface area contributed by atoms with E-state index in [1.807, 2.05) is 30.5 Å². The molecule has 1 atom stereocenters. The molecule has 0 aliphatic carbocycles. The molecule has 2 aromatic rings. The molecule has 1 unspecified atom stereocenters. The van der Waals surface area contributed by atoms with Crippen molar-refractivity contribution < 1.29 is 4.74 Å². The Morgan fingerprint density at radius 3 is 2.60 bits per heavy atom. The standard InChI is InChI=1S/C17H22N2O/c1-3-19-14(2)11-15-6-8-17(9-7-15)20-13-16-5-4-10-18-12-16/h4-10,12,14,19H,3,11,13H2,1-2H3. The van der Waals surface area contributed by atoms with Crippen LogP contribution in [0.15, 0.2) is 48.8 Å². The Hall–Kier alpha value is -1.87. The molecule has 106 valence electrons. The first-order valence-corrected chi connectivity index (χ1v) is 7.12. The summed E-state index contributed by atoms with van der Waals surface area (Å²) in [6.07, 6.45) is 4.63. The van der Waals surface area contributed by atoms with Gasteiger partial charge in [-0.05, 0) is 43.7 Å². The van der Waals surface area contributed by atoms with Crippen molar-refractivity contribution in [3.8, 4) is 5.75 Å². The maximum Gasteiger partial charge on any atom is 0.119 e. The van der Waals surface area contributed by atoms with Crippen molar-refractivity contribution in [2.75, 3.05) is 6.54 Å².